The summed E-state index contributed by atoms with van der Waals surface area (Å²) in [5.41, 5.74) is 0. The lowest BCUT2D eigenvalue weighted by Gasteiger charge is -2.34. The van der Waals surface area contributed by atoms with Gasteiger partial charge in [0.15, 0.2) is 0 Å². The van der Waals surface area contributed by atoms with Crippen LogP contribution in [0.15, 0.2) is 0 Å². The molecule has 1 aliphatic heterocycles. The molecule has 6 heteroatoms. The zero-order valence-electron chi connectivity index (χ0n) is 11.2. The predicted octanol–water partition coefficient (Wildman–Crippen LogP) is 0.916. The van der Waals surface area contributed by atoms with Gasteiger partial charge in [0, 0.05) is 6.54 Å². The lowest BCUT2D eigenvalue weighted by atomic mass is 10.0. The van der Waals surface area contributed by atoms with E-state index in [1.165, 1.54) is 0 Å². The Labute approximate surface area is 107 Å². The minimum atomic E-state index is -0.988. The number of carboxylic acids is 1. The Balaban J connectivity index is 2.57. The summed E-state index contributed by atoms with van der Waals surface area (Å²) in [7, 11) is 0. The van der Waals surface area contributed by atoms with Crippen LogP contribution in [0.2, 0.25) is 0 Å². The van der Waals surface area contributed by atoms with E-state index in [2.05, 4.69) is 5.32 Å². The molecule has 0 aromatic rings. The molecular weight excluding hydrogens is 236 g/mol. The van der Waals surface area contributed by atoms with Crippen LogP contribution in [0.25, 0.3) is 0 Å². The monoisotopic (exact) mass is 258 g/mol. The van der Waals surface area contributed by atoms with Crippen molar-refractivity contribution in [2.75, 3.05) is 19.8 Å². The number of carboxylic acid groups (broad SMARTS) is 1. The molecule has 0 aromatic carbocycles. The highest BCUT2D eigenvalue weighted by Gasteiger charge is 2.28. The molecule has 0 aliphatic carbocycles. The number of ether oxygens (including phenoxy) is 1. The number of rotatable bonds is 4. The average Bonchev–Trinajstić information content (AvgIpc) is 2.27. The van der Waals surface area contributed by atoms with Crippen molar-refractivity contribution in [3.05, 3.63) is 0 Å². The number of urea groups is 1. The third kappa shape index (κ3) is 4.18. The van der Waals surface area contributed by atoms with Gasteiger partial charge in [-0.25, -0.2) is 9.59 Å². The minimum absolute atomic E-state index is 0.0211. The summed E-state index contributed by atoms with van der Waals surface area (Å²) in [6.45, 7) is 7.24. The Morgan fingerprint density at radius 2 is 2.17 bits per heavy atom. The molecule has 18 heavy (non-hydrogen) atoms. The zero-order valence-corrected chi connectivity index (χ0v) is 11.2. The van der Waals surface area contributed by atoms with Crippen molar-refractivity contribution in [2.24, 2.45) is 5.92 Å². The maximum Gasteiger partial charge on any atom is 0.326 e. The third-order valence-electron chi connectivity index (χ3n) is 2.93. The van der Waals surface area contributed by atoms with Gasteiger partial charge in [-0.3, -0.25) is 0 Å². The standard InChI is InChI=1S/C12H22N2O4/c1-8(2)6-10(11(15)16)13-12(17)14-4-5-18-7-9(14)3/h8-10H,4-7H2,1-3H3,(H,13,17)(H,15,16). The fourth-order valence-electron chi connectivity index (χ4n) is 1.95. The van der Waals surface area contributed by atoms with Gasteiger partial charge in [0.1, 0.15) is 6.04 Å². The molecule has 1 heterocycles. The van der Waals surface area contributed by atoms with Crippen LogP contribution in [0.3, 0.4) is 0 Å². The minimum Gasteiger partial charge on any atom is -0.480 e. The summed E-state index contributed by atoms with van der Waals surface area (Å²) in [5, 5.41) is 11.7. The molecule has 2 unspecified atom stereocenters. The molecule has 2 N–H and O–H groups in total. The van der Waals surface area contributed by atoms with Gasteiger partial charge in [-0.15, -0.1) is 0 Å². The van der Waals surface area contributed by atoms with E-state index in [9.17, 15) is 9.59 Å². The predicted molar refractivity (Wildman–Crippen MR) is 66.4 cm³/mol. The van der Waals surface area contributed by atoms with E-state index >= 15 is 0 Å². The highest BCUT2D eigenvalue weighted by atomic mass is 16.5. The first-order valence-electron chi connectivity index (χ1n) is 6.29. The van der Waals surface area contributed by atoms with E-state index in [1.807, 2.05) is 20.8 Å². The molecule has 1 aliphatic rings. The highest BCUT2D eigenvalue weighted by Crippen LogP contribution is 2.09. The number of nitrogens with one attached hydrogen (secondary N) is 1. The van der Waals surface area contributed by atoms with Gasteiger partial charge in [-0.05, 0) is 19.3 Å². The molecular formula is C12H22N2O4. The normalized spacial score (nSPS) is 21.8. The maximum absolute atomic E-state index is 12.0. The van der Waals surface area contributed by atoms with E-state index in [-0.39, 0.29) is 18.0 Å². The smallest absolute Gasteiger partial charge is 0.326 e. The van der Waals surface area contributed by atoms with Crippen LogP contribution in [-0.4, -0.2) is 53.8 Å². The summed E-state index contributed by atoms with van der Waals surface area (Å²) in [6, 6.07) is -1.17. The van der Waals surface area contributed by atoms with Crippen LogP contribution in [0.1, 0.15) is 27.2 Å². The molecule has 104 valence electrons. The lowest BCUT2D eigenvalue weighted by molar-refractivity contribution is -0.139. The van der Waals surface area contributed by atoms with Crippen LogP contribution in [0.5, 0.6) is 0 Å². The number of carbonyl (C=O) groups excluding carboxylic acids is 1. The highest BCUT2D eigenvalue weighted by molar-refractivity contribution is 5.82. The Hall–Kier alpha value is -1.30. The Morgan fingerprint density at radius 1 is 1.50 bits per heavy atom. The van der Waals surface area contributed by atoms with Crippen molar-refractivity contribution >= 4 is 12.0 Å². The summed E-state index contributed by atoms with van der Waals surface area (Å²) in [4.78, 5) is 24.7. The number of amides is 2. The maximum atomic E-state index is 12.0. The van der Waals surface area contributed by atoms with Crippen LogP contribution < -0.4 is 5.32 Å². The molecule has 2 amide bonds. The molecule has 0 radical (unpaired) electrons. The Morgan fingerprint density at radius 3 is 2.67 bits per heavy atom. The number of aliphatic carboxylic acids is 1. The first kappa shape index (κ1) is 14.8. The van der Waals surface area contributed by atoms with E-state index in [1.54, 1.807) is 4.90 Å². The molecule has 1 rings (SSSR count). The van der Waals surface area contributed by atoms with Crippen molar-refractivity contribution in [1.82, 2.24) is 10.2 Å². The second-order valence-corrected chi connectivity index (χ2v) is 5.09. The third-order valence-corrected chi connectivity index (χ3v) is 2.93. The fraction of sp³-hybridized carbons (Fsp3) is 0.833. The van der Waals surface area contributed by atoms with Crippen LogP contribution in [0, 0.1) is 5.92 Å². The average molecular weight is 258 g/mol. The van der Waals surface area contributed by atoms with Gasteiger partial charge in [-0.2, -0.15) is 0 Å². The molecule has 2 atom stereocenters. The Bertz CT molecular complexity index is 306. The summed E-state index contributed by atoms with van der Waals surface area (Å²) >= 11 is 0. The van der Waals surface area contributed by atoms with Crippen LogP contribution >= 0.6 is 0 Å². The second kappa shape index (κ2) is 6.58. The van der Waals surface area contributed by atoms with Crippen molar-refractivity contribution in [2.45, 2.75) is 39.3 Å². The van der Waals surface area contributed by atoms with Crippen molar-refractivity contribution in [3.8, 4) is 0 Å². The van der Waals surface area contributed by atoms with Crippen molar-refractivity contribution in [1.29, 1.82) is 0 Å². The quantitative estimate of drug-likeness (QED) is 0.785. The Kier molecular flexibility index (Phi) is 5.40. The number of morpholine rings is 1. The molecule has 1 fully saturated rings. The SMILES string of the molecule is CC(C)CC(NC(=O)N1CCOCC1C)C(=O)O. The van der Waals surface area contributed by atoms with E-state index < -0.39 is 12.0 Å². The van der Waals surface area contributed by atoms with Crippen molar-refractivity contribution in [3.63, 3.8) is 0 Å². The van der Waals surface area contributed by atoms with Crippen LogP contribution in [-0.2, 0) is 9.53 Å². The van der Waals surface area contributed by atoms with E-state index in [0.717, 1.165) is 0 Å². The van der Waals surface area contributed by atoms with Gasteiger partial charge >= 0.3 is 12.0 Å². The largest absolute Gasteiger partial charge is 0.480 e. The van der Waals surface area contributed by atoms with Gasteiger partial charge in [0.05, 0.1) is 19.3 Å². The van der Waals surface area contributed by atoms with Gasteiger partial charge in [0.2, 0.25) is 0 Å². The molecule has 0 aromatic heterocycles. The first-order valence-corrected chi connectivity index (χ1v) is 6.29. The number of carbonyl (C=O) groups is 2. The zero-order chi connectivity index (χ0) is 13.7. The summed E-state index contributed by atoms with van der Waals surface area (Å²) < 4.78 is 5.24. The van der Waals surface area contributed by atoms with Crippen LogP contribution in [0.4, 0.5) is 4.79 Å². The van der Waals surface area contributed by atoms with E-state index in [4.69, 9.17) is 9.84 Å². The van der Waals surface area contributed by atoms with Gasteiger partial charge in [0.25, 0.3) is 0 Å². The molecule has 0 spiro atoms. The number of nitrogens with zero attached hydrogens (tertiary/aromatic N) is 1. The topological polar surface area (TPSA) is 78.9 Å². The lowest BCUT2D eigenvalue weighted by Crippen LogP contribution is -2.54. The summed E-state index contributed by atoms with van der Waals surface area (Å²) in [5.74, 6) is -0.772. The first-order chi connectivity index (χ1) is 8.41. The van der Waals surface area contributed by atoms with E-state index in [0.29, 0.717) is 26.2 Å². The molecule has 0 bridgehead atoms. The number of hydrogen-bond acceptors (Lipinski definition) is 3. The van der Waals surface area contributed by atoms with Gasteiger partial charge in [-0.1, -0.05) is 13.8 Å². The summed E-state index contributed by atoms with van der Waals surface area (Å²) in [6.07, 6.45) is 0.430. The van der Waals surface area contributed by atoms with Gasteiger partial charge < -0.3 is 20.1 Å². The molecule has 6 nitrogen and oxygen atoms in total. The number of hydrogen-bond donors (Lipinski definition) is 2. The van der Waals surface area contributed by atoms with Crippen molar-refractivity contribution < 1.29 is 19.4 Å². The molecule has 0 saturated carbocycles. The molecule has 1 saturated heterocycles. The fourth-order valence-corrected chi connectivity index (χ4v) is 1.95. The second-order valence-electron chi connectivity index (χ2n) is 5.09.